The van der Waals surface area contributed by atoms with Crippen LogP contribution in [0.2, 0.25) is 0 Å². The fourth-order valence-electron chi connectivity index (χ4n) is 1.47. The summed E-state index contributed by atoms with van der Waals surface area (Å²) in [5.41, 5.74) is 11.5. The van der Waals surface area contributed by atoms with Crippen LogP contribution in [0.4, 0.5) is 5.69 Å². The topological polar surface area (TPSA) is 85.7 Å². The first-order chi connectivity index (χ1) is 7.25. The second kappa shape index (κ2) is 4.08. The molecule has 1 aromatic rings. The predicted molar refractivity (Wildman–Crippen MR) is 60.0 cm³/mol. The summed E-state index contributed by atoms with van der Waals surface area (Å²) in [6.07, 6.45) is -0.0120. The molecule has 0 saturated carbocycles. The third-order valence-corrected chi connectivity index (χ3v) is 2.18. The van der Waals surface area contributed by atoms with Gasteiger partial charge in [0.15, 0.2) is 5.96 Å². The maximum Gasteiger partial charge on any atom is 0.186 e. The highest BCUT2D eigenvalue weighted by Crippen LogP contribution is 2.27. The Bertz CT molecular complexity index is 373. The van der Waals surface area contributed by atoms with Crippen LogP contribution in [0.1, 0.15) is 0 Å². The van der Waals surface area contributed by atoms with Crippen LogP contribution in [0.25, 0.3) is 0 Å². The average molecular weight is 206 g/mol. The number of aliphatic imine (C=N–C) groups is 1. The molecule has 0 radical (unpaired) electrons. The van der Waals surface area contributed by atoms with Crippen LogP contribution in [0, 0.1) is 0 Å². The number of nitrogens with two attached hydrogens (primary N) is 2. The molecular weight excluding hydrogens is 192 g/mol. The molecule has 5 nitrogen and oxygen atoms in total. The molecular formula is C10H14N4O. The first-order valence-electron chi connectivity index (χ1n) is 4.80. The van der Waals surface area contributed by atoms with Crippen molar-refractivity contribution in [3.05, 3.63) is 24.3 Å². The highest BCUT2D eigenvalue weighted by atomic mass is 16.5. The lowest BCUT2D eigenvalue weighted by Crippen LogP contribution is -2.34. The van der Waals surface area contributed by atoms with Crippen molar-refractivity contribution < 1.29 is 4.74 Å². The summed E-state index contributed by atoms with van der Waals surface area (Å²) < 4.78 is 5.70. The number of rotatable bonds is 2. The van der Waals surface area contributed by atoms with E-state index >= 15 is 0 Å². The van der Waals surface area contributed by atoms with Gasteiger partial charge >= 0.3 is 0 Å². The smallest absolute Gasteiger partial charge is 0.186 e. The van der Waals surface area contributed by atoms with Crippen molar-refractivity contribution in [2.24, 2.45) is 16.5 Å². The van der Waals surface area contributed by atoms with Crippen LogP contribution >= 0.6 is 0 Å². The third kappa shape index (κ3) is 2.31. The highest BCUT2D eigenvalue weighted by molar-refractivity contribution is 5.75. The van der Waals surface area contributed by atoms with Crippen molar-refractivity contribution in [1.29, 1.82) is 0 Å². The molecule has 1 aliphatic rings. The summed E-state index contributed by atoms with van der Waals surface area (Å²) in [5, 5.41) is 3.26. The van der Waals surface area contributed by atoms with Crippen molar-refractivity contribution in [1.82, 2.24) is 0 Å². The Balaban J connectivity index is 2.03. The van der Waals surface area contributed by atoms with Crippen molar-refractivity contribution in [2.75, 3.05) is 18.4 Å². The number of hydrogen-bond acceptors (Lipinski definition) is 3. The van der Waals surface area contributed by atoms with Gasteiger partial charge in [0, 0.05) is 0 Å². The Morgan fingerprint density at radius 2 is 2.27 bits per heavy atom. The molecule has 1 aliphatic heterocycles. The summed E-state index contributed by atoms with van der Waals surface area (Å²) in [5.74, 6) is 0.942. The van der Waals surface area contributed by atoms with E-state index in [1.54, 1.807) is 0 Å². The molecule has 1 atom stereocenters. The van der Waals surface area contributed by atoms with Gasteiger partial charge in [-0.1, -0.05) is 12.1 Å². The lowest BCUT2D eigenvalue weighted by molar-refractivity contribution is 0.214. The Hall–Kier alpha value is -1.91. The molecule has 0 aromatic heterocycles. The summed E-state index contributed by atoms with van der Waals surface area (Å²) in [6.45, 7) is 1.19. The first-order valence-corrected chi connectivity index (χ1v) is 4.80. The van der Waals surface area contributed by atoms with E-state index in [0.29, 0.717) is 13.1 Å². The van der Waals surface area contributed by atoms with Crippen LogP contribution in [0.15, 0.2) is 29.3 Å². The van der Waals surface area contributed by atoms with E-state index in [0.717, 1.165) is 11.4 Å². The van der Waals surface area contributed by atoms with Crippen molar-refractivity contribution in [3.63, 3.8) is 0 Å². The largest absolute Gasteiger partial charge is 0.484 e. The van der Waals surface area contributed by atoms with Crippen LogP contribution in [-0.4, -0.2) is 25.2 Å². The minimum Gasteiger partial charge on any atom is -0.484 e. The number of anilines is 1. The fraction of sp³-hybridized carbons (Fsp3) is 0.300. The molecule has 1 aromatic carbocycles. The standard InChI is InChI=1S/C10H14N4O/c11-10(12)14-6-7-5-13-8-3-1-2-4-9(8)15-7/h1-4,7,13H,5-6H2,(H4,11,12,14). The summed E-state index contributed by atoms with van der Waals surface area (Å²) in [4.78, 5) is 3.93. The maximum absolute atomic E-state index is 5.70. The van der Waals surface area contributed by atoms with Gasteiger partial charge in [-0.05, 0) is 12.1 Å². The Kier molecular flexibility index (Phi) is 2.62. The number of nitrogens with one attached hydrogen (secondary N) is 1. The first kappa shape index (κ1) is 9.64. The monoisotopic (exact) mass is 206 g/mol. The summed E-state index contributed by atoms with van der Waals surface area (Å²) in [7, 11) is 0. The van der Waals surface area contributed by atoms with Crippen molar-refractivity contribution in [3.8, 4) is 5.75 Å². The number of fused-ring (bicyclic) bond motifs is 1. The molecule has 0 fully saturated rings. The van der Waals surface area contributed by atoms with Gasteiger partial charge in [0.2, 0.25) is 0 Å². The van der Waals surface area contributed by atoms with E-state index < -0.39 is 0 Å². The molecule has 15 heavy (non-hydrogen) atoms. The van der Waals surface area contributed by atoms with Gasteiger partial charge in [-0.3, -0.25) is 0 Å². The second-order valence-electron chi connectivity index (χ2n) is 3.38. The molecule has 80 valence electrons. The van der Waals surface area contributed by atoms with Crippen molar-refractivity contribution >= 4 is 11.6 Å². The van der Waals surface area contributed by atoms with E-state index in [4.69, 9.17) is 16.2 Å². The summed E-state index contributed by atoms with van der Waals surface area (Å²) >= 11 is 0. The number of para-hydroxylation sites is 2. The molecule has 0 spiro atoms. The highest BCUT2D eigenvalue weighted by Gasteiger charge is 2.17. The van der Waals surface area contributed by atoms with Crippen LogP contribution in [-0.2, 0) is 0 Å². The van der Waals surface area contributed by atoms with E-state index in [2.05, 4.69) is 10.3 Å². The lowest BCUT2D eigenvalue weighted by atomic mass is 10.2. The number of nitrogens with zero attached hydrogens (tertiary/aromatic N) is 1. The lowest BCUT2D eigenvalue weighted by Gasteiger charge is -2.26. The normalized spacial score (nSPS) is 18.3. The van der Waals surface area contributed by atoms with Crippen molar-refractivity contribution in [2.45, 2.75) is 6.10 Å². The fourth-order valence-corrected chi connectivity index (χ4v) is 1.47. The predicted octanol–water partition coefficient (Wildman–Crippen LogP) is 0.133. The maximum atomic E-state index is 5.70. The number of ether oxygens (including phenoxy) is 1. The van der Waals surface area contributed by atoms with Gasteiger partial charge in [0.25, 0.3) is 0 Å². The van der Waals surface area contributed by atoms with E-state index in [-0.39, 0.29) is 12.1 Å². The zero-order chi connectivity index (χ0) is 10.7. The van der Waals surface area contributed by atoms with Crippen LogP contribution in [0.5, 0.6) is 5.75 Å². The van der Waals surface area contributed by atoms with Gasteiger partial charge in [-0.15, -0.1) is 0 Å². The minimum absolute atomic E-state index is 0.0120. The minimum atomic E-state index is -0.0120. The molecule has 5 heteroatoms. The molecule has 1 heterocycles. The van der Waals surface area contributed by atoms with Gasteiger partial charge in [0.1, 0.15) is 11.9 Å². The second-order valence-corrected chi connectivity index (χ2v) is 3.38. The van der Waals surface area contributed by atoms with Gasteiger partial charge in [-0.2, -0.15) is 0 Å². The molecule has 5 N–H and O–H groups in total. The quantitative estimate of drug-likeness (QED) is 0.474. The molecule has 2 rings (SSSR count). The Morgan fingerprint density at radius 3 is 3.07 bits per heavy atom. The van der Waals surface area contributed by atoms with E-state index in [1.807, 2.05) is 24.3 Å². The van der Waals surface area contributed by atoms with Gasteiger partial charge < -0.3 is 21.5 Å². The molecule has 1 unspecified atom stereocenters. The zero-order valence-electron chi connectivity index (χ0n) is 8.31. The third-order valence-electron chi connectivity index (χ3n) is 2.18. The number of benzene rings is 1. The Labute approximate surface area is 88.1 Å². The van der Waals surface area contributed by atoms with Crippen LogP contribution in [0.3, 0.4) is 0 Å². The molecule has 0 amide bonds. The number of hydrogen-bond donors (Lipinski definition) is 3. The average Bonchev–Trinajstić information content (AvgIpc) is 2.26. The zero-order valence-corrected chi connectivity index (χ0v) is 8.31. The van der Waals surface area contributed by atoms with E-state index in [1.165, 1.54) is 0 Å². The SMILES string of the molecule is NC(N)=NCC1CNc2ccccc2O1. The summed E-state index contributed by atoms with van der Waals surface area (Å²) in [6, 6.07) is 7.80. The molecule has 0 aliphatic carbocycles. The van der Waals surface area contributed by atoms with Gasteiger partial charge in [0.05, 0.1) is 18.8 Å². The van der Waals surface area contributed by atoms with Gasteiger partial charge in [-0.25, -0.2) is 4.99 Å². The molecule has 0 saturated heterocycles. The van der Waals surface area contributed by atoms with E-state index in [9.17, 15) is 0 Å². The molecule has 0 bridgehead atoms. The number of guanidine groups is 1. The van der Waals surface area contributed by atoms with Crippen LogP contribution < -0.4 is 21.5 Å². The Morgan fingerprint density at radius 1 is 1.47 bits per heavy atom.